The van der Waals surface area contributed by atoms with Crippen molar-refractivity contribution in [2.45, 2.75) is 23.0 Å². The van der Waals surface area contributed by atoms with Crippen molar-refractivity contribution in [3.8, 4) is 22.8 Å². The van der Waals surface area contributed by atoms with Gasteiger partial charge in [-0.15, -0.1) is 11.3 Å². The van der Waals surface area contributed by atoms with Crippen molar-refractivity contribution in [1.82, 2.24) is 4.98 Å². The summed E-state index contributed by atoms with van der Waals surface area (Å²) in [6.45, 7) is 0.838. The lowest BCUT2D eigenvalue weighted by Crippen LogP contribution is -2.39. The summed E-state index contributed by atoms with van der Waals surface area (Å²) in [6.07, 6.45) is 0.515. The molecule has 3 aromatic rings. The molecule has 1 aliphatic rings. The minimum Gasteiger partial charge on any atom is -0.497 e. The number of aromatic nitrogens is 1. The average Bonchev–Trinajstić information content (AvgIpc) is 3.28. The molecule has 0 radical (unpaired) electrons. The highest BCUT2D eigenvalue weighted by Gasteiger charge is 2.35. The second-order valence-electron chi connectivity index (χ2n) is 7.36. The van der Waals surface area contributed by atoms with Gasteiger partial charge in [-0.1, -0.05) is 6.07 Å². The molecule has 0 aliphatic carbocycles. The van der Waals surface area contributed by atoms with Gasteiger partial charge in [-0.3, -0.25) is 0 Å². The maximum atomic E-state index is 14.1. The average molecular weight is 481 g/mol. The Morgan fingerprint density at radius 3 is 2.38 bits per heavy atom. The summed E-state index contributed by atoms with van der Waals surface area (Å²) >= 11 is 1.44. The van der Waals surface area contributed by atoms with E-state index >= 15 is 0 Å². The lowest BCUT2D eigenvalue weighted by atomic mass is 10.1. The van der Waals surface area contributed by atoms with Crippen LogP contribution < -0.4 is 14.4 Å². The maximum absolute atomic E-state index is 14.1. The number of thiazole rings is 1. The third-order valence-corrected chi connectivity index (χ3v) is 8.74. The van der Waals surface area contributed by atoms with E-state index in [4.69, 9.17) is 14.5 Å². The summed E-state index contributed by atoms with van der Waals surface area (Å²) in [5.74, 6) is -0.755. The highest BCUT2D eigenvalue weighted by Crippen LogP contribution is 2.37. The Bertz CT molecular complexity index is 1200. The number of ether oxygens (including phenoxy) is 2. The number of benzene rings is 2. The van der Waals surface area contributed by atoms with E-state index in [2.05, 4.69) is 0 Å². The number of anilines is 1. The fraction of sp³-hybridized carbons (Fsp3) is 0.318. The highest BCUT2D eigenvalue weighted by molar-refractivity contribution is 7.92. The molecule has 4 rings (SSSR count). The number of nitrogens with zero attached hydrogens (tertiary/aromatic N) is 2. The van der Waals surface area contributed by atoms with Gasteiger partial charge in [0, 0.05) is 24.0 Å². The summed E-state index contributed by atoms with van der Waals surface area (Å²) in [7, 11) is -0.935. The lowest BCUT2D eigenvalue weighted by molar-refractivity contribution is 0.404. The van der Waals surface area contributed by atoms with Crippen LogP contribution in [0.3, 0.4) is 0 Å². The molecular formula is C22H22F2N2O4S2. The van der Waals surface area contributed by atoms with Crippen LogP contribution in [0.2, 0.25) is 0 Å². The van der Waals surface area contributed by atoms with Crippen LogP contribution >= 0.6 is 11.3 Å². The Labute approximate surface area is 189 Å². The zero-order valence-corrected chi connectivity index (χ0v) is 19.2. The van der Waals surface area contributed by atoms with Gasteiger partial charge in [0.05, 0.1) is 25.2 Å². The van der Waals surface area contributed by atoms with Gasteiger partial charge in [0.2, 0.25) is 0 Å². The van der Waals surface area contributed by atoms with Crippen LogP contribution in [0.1, 0.15) is 12.8 Å². The molecule has 1 aliphatic heterocycles. The van der Waals surface area contributed by atoms with Gasteiger partial charge in [0.1, 0.15) is 28.0 Å². The lowest BCUT2D eigenvalue weighted by Gasteiger charge is -2.31. The molecule has 1 aromatic heterocycles. The van der Waals surface area contributed by atoms with Crippen LogP contribution in [0.15, 0.2) is 46.7 Å². The summed E-state index contributed by atoms with van der Waals surface area (Å²) < 4.78 is 64.6. The molecule has 0 spiro atoms. The predicted octanol–water partition coefficient (Wildman–Crippen LogP) is 4.55. The van der Waals surface area contributed by atoms with E-state index in [9.17, 15) is 17.2 Å². The van der Waals surface area contributed by atoms with E-state index in [1.807, 2.05) is 22.4 Å². The van der Waals surface area contributed by atoms with Crippen LogP contribution in [0, 0.1) is 11.6 Å². The van der Waals surface area contributed by atoms with Crippen molar-refractivity contribution in [1.29, 1.82) is 0 Å². The normalized spacial score (nSPS) is 15.1. The van der Waals surface area contributed by atoms with Crippen molar-refractivity contribution >= 4 is 26.3 Å². The molecule has 0 bridgehead atoms. The minimum atomic E-state index is -4.11. The maximum Gasteiger partial charge on any atom is 0.187 e. The first kappa shape index (κ1) is 22.5. The summed E-state index contributed by atoms with van der Waals surface area (Å²) in [6, 6.07) is 8.55. The van der Waals surface area contributed by atoms with Crippen LogP contribution in [0.4, 0.5) is 13.9 Å². The van der Waals surface area contributed by atoms with E-state index in [-0.39, 0.29) is 12.8 Å². The molecular weight excluding hydrogens is 458 g/mol. The molecule has 0 saturated carbocycles. The number of rotatable bonds is 6. The molecule has 1 saturated heterocycles. The smallest absolute Gasteiger partial charge is 0.187 e. The number of sulfone groups is 1. The van der Waals surface area contributed by atoms with Gasteiger partial charge < -0.3 is 14.4 Å². The predicted molar refractivity (Wildman–Crippen MR) is 119 cm³/mol. The Hall–Kier alpha value is -2.72. The Balaban J connectivity index is 1.51. The van der Waals surface area contributed by atoms with Gasteiger partial charge in [0.15, 0.2) is 15.0 Å². The van der Waals surface area contributed by atoms with Gasteiger partial charge in [-0.25, -0.2) is 22.2 Å². The largest absolute Gasteiger partial charge is 0.497 e. The van der Waals surface area contributed by atoms with Gasteiger partial charge in [0.25, 0.3) is 0 Å². The summed E-state index contributed by atoms with van der Waals surface area (Å²) in [5, 5.41) is 1.81. The second kappa shape index (κ2) is 9.03. The Kier molecular flexibility index (Phi) is 6.34. The molecule has 0 N–H and O–H groups in total. The third-order valence-electron chi connectivity index (χ3n) is 5.53. The molecule has 1 fully saturated rings. The Morgan fingerprint density at radius 2 is 1.75 bits per heavy atom. The number of halogens is 2. The van der Waals surface area contributed by atoms with Gasteiger partial charge in [-0.05, 0) is 43.2 Å². The van der Waals surface area contributed by atoms with Crippen LogP contribution in [0.25, 0.3) is 11.3 Å². The molecule has 170 valence electrons. The molecule has 6 nitrogen and oxygen atoms in total. The quantitative estimate of drug-likeness (QED) is 0.516. The molecule has 0 atom stereocenters. The van der Waals surface area contributed by atoms with Crippen molar-refractivity contribution in [2.75, 3.05) is 32.2 Å². The zero-order valence-electron chi connectivity index (χ0n) is 17.5. The summed E-state index contributed by atoms with van der Waals surface area (Å²) in [5.41, 5.74) is 1.52. The van der Waals surface area contributed by atoms with E-state index in [1.54, 1.807) is 20.3 Å². The molecule has 0 unspecified atom stereocenters. The van der Waals surface area contributed by atoms with Crippen molar-refractivity contribution in [3.63, 3.8) is 0 Å². The van der Waals surface area contributed by atoms with Gasteiger partial charge >= 0.3 is 0 Å². The number of methoxy groups -OCH3 is 2. The topological polar surface area (TPSA) is 68.7 Å². The third kappa shape index (κ3) is 4.16. The van der Waals surface area contributed by atoms with Gasteiger partial charge in [-0.2, -0.15) is 0 Å². The van der Waals surface area contributed by atoms with E-state index in [0.29, 0.717) is 24.6 Å². The first-order chi connectivity index (χ1) is 15.3. The fourth-order valence-electron chi connectivity index (χ4n) is 3.83. The molecule has 32 heavy (non-hydrogen) atoms. The Morgan fingerprint density at radius 1 is 1.06 bits per heavy atom. The fourth-order valence-corrected chi connectivity index (χ4v) is 6.55. The monoisotopic (exact) mass is 480 g/mol. The first-order valence-corrected chi connectivity index (χ1v) is 12.4. The number of piperidine rings is 1. The van der Waals surface area contributed by atoms with Crippen LogP contribution in [-0.2, 0) is 9.84 Å². The van der Waals surface area contributed by atoms with E-state index in [0.717, 1.165) is 34.6 Å². The minimum absolute atomic E-state index is 0.257. The van der Waals surface area contributed by atoms with E-state index < -0.39 is 31.6 Å². The van der Waals surface area contributed by atoms with Crippen molar-refractivity contribution in [3.05, 3.63) is 53.4 Å². The van der Waals surface area contributed by atoms with Crippen molar-refractivity contribution in [2.24, 2.45) is 0 Å². The SMILES string of the molecule is COc1ccc(OC)c(-c2csc(N3CCC(S(=O)(=O)c4c(F)cccc4F)CC3)n2)c1. The van der Waals surface area contributed by atoms with Crippen LogP contribution in [-0.4, -0.2) is 46.0 Å². The molecule has 10 heteroatoms. The second-order valence-corrected chi connectivity index (χ2v) is 10.4. The van der Waals surface area contributed by atoms with Crippen molar-refractivity contribution < 1.29 is 26.7 Å². The number of hydrogen-bond acceptors (Lipinski definition) is 7. The first-order valence-electron chi connectivity index (χ1n) is 9.96. The molecule has 2 aromatic carbocycles. The highest BCUT2D eigenvalue weighted by atomic mass is 32.2. The summed E-state index contributed by atoms with van der Waals surface area (Å²) in [4.78, 5) is 5.86. The number of hydrogen-bond donors (Lipinski definition) is 0. The van der Waals surface area contributed by atoms with E-state index in [1.165, 1.54) is 11.3 Å². The zero-order chi connectivity index (χ0) is 22.9. The standard InChI is InChI=1S/C22H22F2N2O4S2/c1-29-14-6-7-20(30-2)16(12-14)19-13-31-22(25-19)26-10-8-15(9-11-26)32(27,28)21-17(23)4-3-5-18(21)24/h3-7,12-13,15H,8-11H2,1-2H3. The molecule has 2 heterocycles. The molecule has 0 amide bonds. The van der Waals surface area contributed by atoms with Crippen LogP contribution in [0.5, 0.6) is 11.5 Å².